The van der Waals surface area contributed by atoms with E-state index < -0.39 is 11.3 Å². The summed E-state index contributed by atoms with van der Waals surface area (Å²) < 4.78 is 0. The van der Waals surface area contributed by atoms with E-state index in [1.54, 1.807) is 12.1 Å². The molecular formula is C27H29NO4. The monoisotopic (exact) mass is 431 g/mol. The molecule has 0 spiro atoms. The number of carbonyl (C=O) groups excluding carboxylic acids is 1. The zero-order valence-electron chi connectivity index (χ0n) is 18.7. The van der Waals surface area contributed by atoms with Crippen molar-refractivity contribution in [3.8, 4) is 22.6 Å². The molecule has 5 heteroatoms. The third-order valence-electron chi connectivity index (χ3n) is 6.82. The summed E-state index contributed by atoms with van der Waals surface area (Å²) >= 11 is 0. The average Bonchev–Trinajstić information content (AvgIpc) is 2.76. The second-order valence-corrected chi connectivity index (χ2v) is 8.98. The van der Waals surface area contributed by atoms with Crippen LogP contribution in [0.5, 0.6) is 11.5 Å². The number of nitrogens with one attached hydrogen (secondary N) is 1. The number of hydrogen-bond acceptors (Lipinski definition) is 4. The zero-order chi connectivity index (χ0) is 23.0. The highest BCUT2D eigenvalue weighted by molar-refractivity contribution is 6.12. The maximum Gasteiger partial charge on any atom is 0.263 e. The molecule has 0 saturated heterocycles. The molecule has 32 heavy (non-hydrogen) atoms. The lowest BCUT2D eigenvalue weighted by molar-refractivity contribution is 0.101. The summed E-state index contributed by atoms with van der Waals surface area (Å²) in [7, 11) is 0. The minimum Gasteiger partial charge on any atom is -0.508 e. The topological polar surface area (TPSA) is 90.4 Å². The first kappa shape index (κ1) is 21.9. The first-order valence-corrected chi connectivity index (χ1v) is 11.1. The Morgan fingerprint density at radius 3 is 2.59 bits per heavy atom. The molecule has 1 fully saturated rings. The van der Waals surface area contributed by atoms with Crippen molar-refractivity contribution in [1.82, 2.24) is 4.98 Å². The fourth-order valence-electron chi connectivity index (χ4n) is 5.17. The van der Waals surface area contributed by atoms with Crippen LogP contribution >= 0.6 is 0 Å². The van der Waals surface area contributed by atoms with E-state index in [1.807, 2.05) is 32.1 Å². The van der Waals surface area contributed by atoms with Gasteiger partial charge in [-0.25, -0.2) is 0 Å². The molecule has 3 atom stereocenters. The van der Waals surface area contributed by atoms with Crippen LogP contribution in [0.3, 0.4) is 0 Å². The maximum atomic E-state index is 13.7. The van der Waals surface area contributed by atoms with Crippen molar-refractivity contribution in [3.05, 3.63) is 81.3 Å². The summed E-state index contributed by atoms with van der Waals surface area (Å²) in [5.41, 5.74) is 3.12. The molecule has 0 radical (unpaired) electrons. The summed E-state index contributed by atoms with van der Waals surface area (Å²) in [6, 6.07) is 6.24. The lowest BCUT2D eigenvalue weighted by Crippen LogP contribution is -2.31. The Balaban J connectivity index is 1.83. The van der Waals surface area contributed by atoms with Gasteiger partial charge in [-0.3, -0.25) is 9.59 Å². The third kappa shape index (κ3) is 3.83. The summed E-state index contributed by atoms with van der Waals surface area (Å²) in [4.78, 5) is 29.0. The molecule has 3 N–H and O–H groups in total. The summed E-state index contributed by atoms with van der Waals surface area (Å²) in [6.07, 6.45) is 10.5. The number of aromatic hydroxyl groups is 2. The lowest BCUT2D eigenvalue weighted by atomic mass is 9.65. The van der Waals surface area contributed by atoms with E-state index in [4.69, 9.17) is 0 Å². The van der Waals surface area contributed by atoms with Crippen LogP contribution in [0.1, 0.15) is 50.4 Å². The highest BCUT2D eigenvalue weighted by atomic mass is 16.3. The van der Waals surface area contributed by atoms with Crippen molar-refractivity contribution in [2.45, 2.75) is 40.0 Å². The summed E-state index contributed by atoms with van der Waals surface area (Å²) in [5, 5.41) is 20.5. The molecule has 0 bridgehead atoms. The number of rotatable bonds is 4. The normalized spacial score (nSPS) is 23.2. The van der Waals surface area contributed by atoms with Crippen molar-refractivity contribution >= 4 is 5.78 Å². The van der Waals surface area contributed by atoms with Gasteiger partial charge in [0.05, 0.1) is 0 Å². The van der Waals surface area contributed by atoms with Crippen molar-refractivity contribution in [2.75, 3.05) is 0 Å². The first-order chi connectivity index (χ1) is 15.3. The molecule has 2 aliphatic carbocycles. The third-order valence-corrected chi connectivity index (χ3v) is 6.82. The lowest BCUT2D eigenvalue weighted by Gasteiger charge is -2.39. The Hall–Kier alpha value is -3.34. The van der Waals surface area contributed by atoms with Gasteiger partial charge < -0.3 is 15.2 Å². The fraction of sp³-hybridized carbons (Fsp3) is 0.333. The molecule has 0 aliphatic heterocycles. The van der Waals surface area contributed by atoms with Crippen LogP contribution in [0.4, 0.5) is 0 Å². The van der Waals surface area contributed by atoms with E-state index in [0.717, 1.165) is 24.8 Å². The number of benzene rings is 1. The van der Waals surface area contributed by atoms with Gasteiger partial charge in [-0.1, -0.05) is 48.4 Å². The van der Waals surface area contributed by atoms with Gasteiger partial charge in [0, 0.05) is 23.3 Å². The van der Waals surface area contributed by atoms with E-state index in [9.17, 15) is 19.8 Å². The molecule has 4 rings (SSSR count). The molecule has 1 aromatic carbocycles. The largest absolute Gasteiger partial charge is 0.508 e. The standard InChI is InChI=1S/C27H29NO4/c1-4-5-20-21-12-15(2)6-11-19(21)16(3)13-22(20)25(30)24-26(31)23(14-28-27(24)32)17-7-9-18(29)10-8-17/h4-5,7-10,13-15,20-21,29H,6,11-12H2,1-3H3,(H2,28,31,32)/b5-4+/t15-,20-,21+/m0/s1. The molecule has 166 valence electrons. The van der Waals surface area contributed by atoms with Crippen LogP contribution < -0.4 is 5.56 Å². The smallest absolute Gasteiger partial charge is 0.263 e. The number of phenolic OH excluding ortho intramolecular Hbond substituents is 1. The van der Waals surface area contributed by atoms with Gasteiger partial charge in [0.2, 0.25) is 0 Å². The Morgan fingerprint density at radius 2 is 1.91 bits per heavy atom. The number of hydrogen-bond donors (Lipinski definition) is 3. The molecule has 1 heterocycles. The van der Waals surface area contributed by atoms with Gasteiger partial charge in [0.1, 0.15) is 17.1 Å². The number of H-pyrrole nitrogens is 1. The number of pyridine rings is 1. The minimum absolute atomic E-state index is 0.0929. The molecular weight excluding hydrogens is 402 g/mol. The quantitative estimate of drug-likeness (QED) is 0.439. The summed E-state index contributed by atoms with van der Waals surface area (Å²) in [5.74, 6) is 0.00674. The summed E-state index contributed by atoms with van der Waals surface area (Å²) in [6.45, 7) is 6.22. The molecule has 0 unspecified atom stereocenters. The van der Waals surface area contributed by atoms with Gasteiger partial charge in [-0.15, -0.1) is 0 Å². The Labute approximate surface area is 187 Å². The predicted molar refractivity (Wildman–Crippen MR) is 126 cm³/mol. The molecule has 1 saturated carbocycles. The predicted octanol–water partition coefficient (Wildman–Crippen LogP) is 5.52. The van der Waals surface area contributed by atoms with E-state index in [1.165, 1.54) is 23.9 Å². The maximum absolute atomic E-state index is 13.7. The SMILES string of the molecule is C/C=C/[C@@H]1C(C(=O)c2c(O)c(-c3ccc(O)cc3)c[nH]c2=O)=CC(C)=C2CC[C@H](C)C[C@H]21. The van der Waals surface area contributed by atoms with Gasteiger partial charge in [-0.2, -0.15) is 0 Å². The second kappa shape index (κ2) is 8.65. The van der Waals surface area contributed by atoms with Crippen LogP contribution in [-0.4, -0.2) is 21.0 Å². The number of allylic oxidation sites excluding steroid dienone is 6. The van der Waals surface area contributed by atoms with E-state index in [-0.39, 0.29) is 28.9 Å². The van der Waals surface area contributed by atoms with Crippen molar-refractivity contribution in [3.63, 3.8) is 0 Å². The number of aromatic nitrogens is 1. The Bertz CT molecular complexity index is 1200. The van der Waals surface area contributed by atoms with Crippen LogP contribution in [0.15, 0.2) is 70.2 Å². The number of carbonyl (C=O) groups is 1. The van der Waals surface area contributed by atoms with Gasteiger partial charge in [0.25, 0.3) is 5.56 Å². The van der Waals surface area contributed by atoms with Crippen molar-refractivity contribution in [1.29, 1.82) is 0 Å². The highest BCUT2D eigenvalue weighted by Crippen LogP contribution is 2.46. The zero-order valence-corrected chi connectivity index (χ0v) is 18.7. The van der Waals surface area contributed by atoms with E-state index in [0.29, 0.717) is 22.6 Å². The molecule has 1 aromatic heterocycles. The van der Waals surface area contributed by atoms with E-state index >= 15 is 0 Å². The number of phenols is 1. The number of aromatic amines is 1. The van der Waals surface area contributed by atoms with Crippen LogP contribution in [-0.2, 0) is 0 Å². The Kier molecular flexibility index (Phi) is 5.92. The number of Topliss-reactive ketones (excluding diaryl/α,β-unsaturated/α-hetero) is 1. The molecule has 2 aliphatic rings. The van der Waals surface area contributed by atoms with E-state index in [2.05, 4.69) is 11.9 Å². The molecule has 2 aromatic rings. The van der Waals surface area contributed by atoms with Crippen LogP contribution in [0.2, 0.25) is 0 Å². The molecule has 0 amide bonds. The fourth-order valence-corrected chi connectivity index (χ4v) is 5.17. The number of fused-ring (bicyclic) bond motifs is 1. The molecule has 5 nitrogen and oxygen atoms in total. The number of ketones is 1. The van der Waals surface area contributed by atoms with Crippen molar-refractivity contribution in [2.24, 2.45) is 17.8 Å². The minimum atomic E-state index is -0.611. The van der Waals surface area contributed by atoms with Gasteiger partial charge >= 0.3 is 0 Å². The highest BCUT2D eigenvalue weighted by Gasteiger charge is 2.38. The Morgan fingerprint density at radius 1 is 1.19 bits per heavy atom. The van der Waals surface area contributed by atoms with Crippen molar-refractivity contribution < 1.29 is 15.0 Å². The van der Waals surface area contributed by atoms with Crippen LogP contribution in [0, 0.1) is 17.8 Å². The van der Waals surface area contributed by atoms with Gasteiger partial charge in [0.15, 0.2) is 5.78 Å². The first-order valence-electron chi connectivity index (χ1n) is 11.1. The average molecular weight is 432 g/mol. The van der Waals surface area contributed by atoms with Crippen LogP contribution in [0.25, 0.3) is 11.1 Å². The van der Waals surface area contributed by atoms with Gasteiger partial charge in [-0.05, 0) is 62.6 Å². The second-order valence-electron chi connectivity index (χ2n) is 8.98.